The molecule has 0 saturated carbocycles. The van der Waals surface area contributed by atoms with E-state index in [2.05, 4.69) is 35.6 Å². The zero-order valence-electron chi connectivity index (χ0n) is 24.4. The summed E-state index contributed by atoms with van der Waals surface area (Å²) in [6, 6.07) is 11.8. The highest BCUT2D eigenvalue weighted by atomic mass is 19.4. The summed E-state index contributed by atoms with van der Waals surface area (Å²) >= 11 is 0. The van der Waals surface area contributed by atoms with E-state index in [0.29, 0.717) is 11.1 Å². The molecule has 1 aromatic carbocycles. The Morgan fingerprint density at radius 3 is 2.63 bits per heavy atom. The molecular formula is C25H22F3N9O. The minimum absolute atomic E-state index is 0.0317. The molecule has 0 saturated heterocycles. The monoisotopic (exact) mass is 526 g/mol. The number of nitrogen functional groups attached to an aromatic ring is 1. The Hall–Kier alpha value is -4.81. The van der Waals surface area contributed by atoms with Crippen molar-refractivity contribution < 1.29 is 24.8 Å². The first kappa shape index (κ1) is 19.3. The fourth-order valence-corrected chi connectivity index (χ4v) is 3.75. The Kier molecular flexibility index (Phi) is 5.23. The molecule has 0 spiro atoms. The first-order chi connectivity index (χ1) is 20.2. The van der Waals surface area contributed by atoms with Gasteiger partial charge in [0.1, 0.15) is 17.6 Å². The maximum Gasteiger partial charge on any atom is 0.405 e. The van der Waals surface area contributed by atoms with Crippen LogP contribution in [0, 0.1) is 0 Å². The highest BCUT2D eigenvalue weighted by molar-refractivity contribution is 5.91. The molecule has 10 nitrogen and oxygen atoms in total. The Bertz CT molecular complexity index is 1730. The summed E-state index contributed by atoms with van der Waals surface area (Å²) in [5.41, 5.74) is 8.96. The highest BCUT2D eigenvalue weighted by Crippen LogP contribution is 2.30. The predicted molar refractivity (Wildman–Crippen MR) is 135 cm³/mol. The van der Waals surface area contributed by atoms with Gasteiger partial charge in [0.05, 0.1) is 33.1 Å². The fraction of sp³-hybridized carbons (Fsp3) is 0.200. The van der Waals surface area contributed by atoms with Gasteiger partial charge in [-0.05, 0) is 48.7 Å². The van der Waals surface area contributed by atoms with Gasteiger partial charge in [-0.15, -0.1) is 5.10 Å². The number of pyridine rings is 2. The number of rotatable bonds is 8. The van der Waals surface area contributed by atoms with Gasteiger partial charge in [-0.3, -0.25) is 0 Å². The van der Waals surface area contributed by atoms with Crippen molar-refractivity contribution in [2.24, 2.45) is 0 Å². The molecule has 0 aliphatic carbocycles. The zero-order chi connectivity index (χ0) is 31.0. The second-order valence-corrected chi connectivity index (χ2v) is 8.04. The van der Waals surface area contributed by atoms with Crippen LogP contribution in [-0.2, 0) is 6.42 Å². The normalized spacial score (nSPS) is 14.2. The van der Waals surface area contributed by atoms with Crippen molar-refractivity contribution in [1.82, 2.24) is 34.9 Å². The van der Waals surface area contributed by atoms with Gasteiger partial charge < -0.3 is 15.8 Å². The molecule has 5 aromatic rings. The molecule has 38 heavy (non-hydrogen) atoms. The molecule has 0 radical (unpaired) electrons. The summed E-state index contributed by atoms with van der Waals surface area (Å²) in [5.74, 6) is -0.758. The number of nitrogens with two attached hydrogens (primary N) is 1. The number of hydrogen-bond acceptors (Lipinski definition) is 9. The van der Waals surface area contributed by atoms with Crippen LogP contribution in [0.4, 0.5) is 24.9 Å². The molecule has 0 amide bonds. The summed E-state index contributed by atoms with van der Waals surface area (Å²) in [5, 5.41) is 9.99. The van der Waals surface area contributed by atoms with Crippen molar-refractivity contribution in [3.8, 4) is 22.8 Å². The van der Waals surface area contributed by atoms with Gasteiger partial charge in [0.25, 0.3) is 0 Å². The highest BCUT2D eigenvalue weighted by Gasteiger charge is 2.28. The van der Waals surface area contributed by atoms with Gasteiger partial charge in [0.15, 0.2) is 5.82 Å². The molecule has 4 heterocycles. The number of fused-ring (bicyclic) bond motifs is 1. The summed E-state index contributed by atoms with van der Waals surface area (Å²) < 4.78 is 82.9. The minimum atomic E-state index is -4.54. The fourth-order valence-electron chi connectivity index (χ4n) is 3.75. The molecule has 0 aliphatic heterocycles. The van der Waals surface area contributed by atoms with Crippen molar-refractivity contribution in [2.75, 3.05) is 24.2 Å². The molecule has 0 fully saturated rings. The van der Waals surface area contributed by atoms with Crippen molar-refractivity contribution in [3.05, 3.63) is 72.2 Å². The second kappa shape index (κ2) is 10.3. The van der Waals surface area contributed by atoms with E-state index in [4.69, 9.17) is 17.3 Å². The van der Waals surface area contributed by atoms with E-state index >= 15 is 0 Å². The Balaban J connectivity index is 1.56. The number of halogens is 3. The maximum absolute atomic E-state index is 13.1. The third-order valence-corrected chi connectivity index (χ3v) is 5.41. The molecule has 13 heteroatoms. The molecule has 5 rings (SSSR count). The first-order valence-electron chi connectivity index (χ1n) is 13.6. The molecular weight excluding hydrogens is 499 g/mol. The molecule has 0 bridgehead atoms. The van der Waals surface area contributed by atoms with Crippen LogP contribution in [0.1, 0.15) is 24.8 Å². The van der Waals surface area contributed by atoms with Gasteiger partial charge in [-0.1, -0.05) is 17.3 Å². The lowest BCUT2D eigenvalue weighted by Gasteiger charge is -2.15. The molecule has 3 N–H and O–H groups in total. The third-order valence-electron chi connectivity index (χ3n) is 5.41. The molecule has 0 unspecified atom stereocenters. The second-order valence-electron chi connectivity index (χ2n) is 8.04. The van der Waals surface area contributed by atoms with Crippen LogP contribution in [0.25, 0.3) is 28.0 Å². The zero-order valence-corrected chi connectivity index (χ0v) is 19.4. The Morgan fingerprint density at radius 1 is 1.11 bits per heavy atom. The summed E-state index contributed by atoms with van der Waals surface area (Å²) in [6.45, 7) is -7.43. The number of hydrogen-bond donors (Lipinski definition) is 2. The number of anilines is 2. The quantitative estimate of drug-likeness (QED) is 0.305. The SMILES string of the molecule is [2H]C([2H])([2H])C([2H])([2H])Oc1ccc(-c2cc(Cc3ccc(-n4ccnn4)cc3)c3nc(N)nc(NCC(F)(F)F)c3n2)cn1. The van der Waals surface area contributed by atoms with Crippen molar-refractivity contribution in [2.45, 2.75) is 19.4 Å². The van der Waals surface area contributed by atoms with E-state index in [-0.39, 0.29) is 40.8 Å². The largest absolute Gasteiger partial charge is 0.478 e. The van der Waals surface area contributed by atoms with Crippen LogP contribution < -0.4 is 15.8 Å². The maximum atomic E-state index is 13.1. The standard InChI is InChI=1S/C25H22F3N9O/c1-2-38-20-8-5-16(13-30-20)19-12-17(11-15-3-6-18(7-4-15)37-10-9-32-36-37)21-22(33-19)23(35-24(29)34-21)31-14-25(26,27)28/h3-10,12-13H,2,11,14H2,1H3,(H3,29,31,34,35)/i1D3,2D2. The van der Waals surface area contributed by atoms with Crippen LogP contribution in [0.3, 0.4) is 0 Å². The number of aromatic nitrogens is 7. The van der Waals surface area contributed by atoms with Gasteiger partial charge in [0.2, 0.25) is 11.8 Å². The Morgan fingerprint density at radius 2 is 1.95 bits per heavy atom. The first-order valence-corrected chi connectivity index (χ1v) is 11.1. The minimum Gasteiger partial charge on any atom is -0.478 e. The molecule has 4 aromatic heterocycles. The van der Waals surface area contributed by atoms with E-state index in [9.17, 15) is 13.2 Å². The van der Waals surface area contributed by atoms with E-state index in [1.165, 1.54) is 18.3 Å². The van der Waals surface area contributed by atoms with E-state index in [1.807, 2.05) is 24.3 Å². The van der Waals surface area contributed by atoms with Gasteiger partial charge in [-0.25, -0.2) is 19.6 Å². The lowest BCUT2D eigenvalue weighted by molar-refractivity contribution is -0.115. The number of benzene rings is 1. The summed E-state index contributed by atoms with van der Waals surface area (Å²) in [7, 11) is 0. The number of nitrogens with one attached hydrogen (secondary N) is 1. The predicted octanol–water partition coefficient (Wildman–Crippen LogP) is 4.21. The van der Waals surface area contributed by atoms with Crippen LogP contribution in [0.15, 0.2) is 61.1 Å². The van der Waals surface area contributed by atoms with Crippen LogP contribution >= 0.6 is 0 Å². The number of nitrogens with zero attached hydrogens (tertiary/aromatic N) is 7. The number of ether oxygens (including phenoxy) is 1. The van der Waals surface area contributed by atoms with Crippen molar-refractivity contribution in [3.63, 3.8) is 0 Å². The third kappa shape index (κ3) is 5.61. The summed E-state index contributed by atoms with van der Waals surface area (Å²) in [4.78, 5) is 16.7. The lowest BCUT2D eigenvalue weighted by atomic mass is 10.0. The van der Waals surface area contributed by atoms with Crippen LogP contribution in [0.5, 0.6) is 5.88 Å². The van der Waals surface area contributed by atoms with Crippen molar-refractivity contribution in [1.29, 1.82) is 0 Å². The van der Waals surface area contributed by atoms with Crippen molar-refractivity contribution >= 4 is 22.8 Å². The van der Waals surface area contributed by atoms with E-state index in [0.717, 1.165) is 11.3 Å². The average Bonchev–Trinajstić information content (AvgIpc) is 3.47. The van der Waals surface area contributed by atoms with E-state index < -0.39 is 26.1 Å². The number of alkyl halides is 3. The Labute approximate surface area is 221 Å². The molecule has 0 aliphatic rings. The van der Waals surface area contributed by atoms with Gasteiger partial charge in [-0.2, -0.15) is 18.2 Å². The van der Waals surface area contributed by atoms with E-state index in [1.54, 1.807) is 23.1 Å². The van der Waals surface area contributed by atoms with Crippen LogP contribution in [0.2, 0.25) is 0 Å². The smallest absolute Gasteiger partial charge is 0.405 e. The summed E-state index contributed by atoms with van der Waals surface area (Å²) in [6.07, 6.45) is 0.249. The lowest BCUT2D eigenvalue weighted by Crippen LogP contribution is -2.22. The topological polar surface area (TPSA) is 130 Å². The van der Waals surface area contributed by atoms with Crippen LogP contribution in [-0.4, -0.2) is 54.2 Å². The van der Waals surface area contributed by atoms with Gasteiger partial charge >= 0.3 is 6.18 Å². The molecule has 194 valence electrons. The average molecular weight is 527 g/mol. The molecule has 0 atom stereocenters. The van der Waals surface area contributed by atoms with Gasteiger partial charge in [0, 0.05) is 21.9 Å².